The zero-order chi connectivity index (χ0) is 13.4. The van der Waals surface area contributed by atoms with Gasteiger partial charge in [0.15, 0.2) is 0 Å². The fourth-order valence-corrected chi connectivity index (χ4v) is 3.83. The van der Waals surface area contributed by atoms with Crippen LogP contribution in [0.3, 0.4) is 0 Å². The van der Waals surface area contributed by atoms with Gasteiger partial charge in [-0.25, -0.2) is 0 Å². The summed E-state index contributed by atoms with van der Waals surface area (Å²) in [6.45, 7) is 1.92. The molecule has 2 heterocycles. The first-order valence-electron chi connectivity index (χ1n) is 5.78. The van der Waals surface area contributed by atoms with Crippen molar-refractivity contribution in [1.82, 2.24) is 0 Å². The number of nitrogen functional groups attached to an aromatic ring is 1. The van der Waals surface area contributed by atoms with Gasteiger partial charge in [0.2, 0.25) is 0 Å². The Morgan fingerprint density at radius 1 is 1.21 bits per heavy atom. The van der Waals surface area contributed by atoms with Gasteiger partial charge in [-0.3, -0.25) is 4.79 Å². The first kappa shape index (κ1) is 12.2. The number of anilines is 2. The van der Waals surface area contributed by atoms with E-state index in [1.54, 1.807) is 17.4 Å². The third-order valence-corrected chi connectivity index (χ3v) is 4.98. The Morgan fingerprint density at radius 2 is 2.05 bits per heavy atom. The standard InChI is InChI=1S/C14H12N2OS2/c1-8-6-9(2-3-10(8)15)16-14(17)13-7-12-11(19-13)4-5-18-12/h2-7H,15H2,1H3,(H,16,17). The highest BCUT2D eigenvalue weighted by atomic mass is 32.1. The number of nitrogens with two attached hydrogens (primary N) is 1. The minimum absolute atomic E-state index is 0.0717. The number of nitrogens with one attached hydrogen (secondary N) is 1. The fraction of sp³-hybridized carbons (Fsp3) is 0.0714. The monoisotopic (exact) mass is 288 g/mol. The van der Waals surface area contributed by atoms with E-state index in [1.807, 2.05) is 36.6 Å². The largest absolute Gasteiger partial charge is 0.399 e. The smallest absolute Gasteiger partial charge is 0.265 e. The summed E-state index contributed by atoms with van der Waals surface area (Å²) in [4.78, 5) is 12.9. The Bertz CT molecular complexity index is 729. The quantitative estimate of drug-likeness (QED) is 0.697. The molecule has 96 valence electrons. The summed E-state index contributed by atoms with van der Waals surface area (Å²) < 4.78 is 2.31. The summed E-state index contributed by atoms with van der Waals surface area (Å²) in [5, 5.41) is 4.93. The minimum Gasteiger partial charge on any atom is -0.399 e. The molecule has 5 heteroatoms. The van der Waals surface area contributed by atoms with Crippen LogP contribution in [0.5, 0.6) is 0 Å². The Labute approximate surface area is 118 Å². The van der Waals surface area contributed by atoms with Crippen LogP contribution in [-0.4, -0.2) is 5.91 Å². The summed E-state index contributed by atoms with van der Waals surface area (Å²) in [5.74, 6) is -0.0717. The molecule has 0 saturated heterocycles. The number of benzene rings is 1. The van der Waals surface area contributed by atoms with Gasteiger partial charge in [0.1, 0.15) is 0 Å². The van der Waals surface area contributed by atoms with Crippen molar-refractivity contribution in [2.75, 3.05) is 11.1 Å². The van der Waals surface area contributed by atoms with Crippen molar-refractivity contribution >= 4 is 49.4 Å². The number of fused-ring (bicyclic) bond motifs is 1. The molecule has 0 aliphatic carbocycles. The molecule has 19 heavy (non-hydrogen) atoms. The molecule has 3 N–H and O–H groups in total. The maximum Gasteiger partial charge on any atom is 0.265 e. The van der Waals surface area contributed by atoms with Crippen LogP contribution >= 0.6 is 22.7 Å². The molecule has 0 aliphatic heterocycles. The molecule has 2 aromatic heterocycles. The minimum atomic E-state index is -0.0717. The molecule has 3 rings (SSSR count). The second-order valence-electron chi connectivity index (χ2n) is 4.29. The molecule has 0 spiro atoms. The molecule has 0 radical (unpaired) electrons. The van der Waals surface area contributed by atoms with Gasteiger partial charge in [0, 0.05) is 20.8 Å². The average Bonchev–Trinajstić information content (AvgIpc) is 2.94. The number of carbonyl (C=O) groups excluding carboxylic acids is 1. The number of hydrogen-bond acceptors (Lipinski definition) is 4. The van der Waals surface area contributed by atoms with Crippen LogP contribution in [0.25, 0.3) is 9.40 Å². The Kier molecular flexibility index (Phi) is 3.00. The topological polar surface area (TPSA) is 55.1 Å². The number of carbonyl (C=O) groups is 1. The number of hydrogen-bond donors (Lipinski definition) is 2. The third-order valence-electron chi connectivity index (χ3n) is 2.89. The summed E-state index contributed by atoms with van der Waals surface area (Å²) in [7, 11) is 0. The molecule has 0 atom stereocenters. The lowest BCUT2D eigenvalue weighted by atomic mass is 10.2. The van der Waals surface area contributed by atoms with Gasteiger partial charge in [0.05, 0.1) is 4.88 Å². The molecule has 0 saturated carbocycles. The van der Waals surface area contributed by atoms with Crippen molar-refractivity contribution in [2.24, 2.45) is 0 Å². The lowest BCUT2D eigenvalue weighted by Crippen LogP contribution is -2.10. The van der Waals surface area contributed by atoms with Gasteiger partial charge in [-0.1, -0.05) is 0 Å². The van der Waals surface area contributed by atoms with Crippen LogP contribution in [0, 0.1) is 6.92 Å². The molecular weight excluding hydrogens is 276 g/mol. The molecule has 1 amide bonds. The van der Waals surface area contributed by atoms with E-state index in [2.05, 4.69) is 5.32 Å². The van der Waals surface area contributed by atoms with Gasteiger partial charge in [-0.2, -0.15) is 0 Å². The van der Waals surface area contributed by atoms with Crippen LogP contribution in [0.1, 0.15) is 15.2 Å². The van der Waals surface area contributed by atoms with E-state index >= 15 is 0 Å². The molecule has 0 unspecified atom stereocenters. The Morgan fingerprint density at radius 3 is 2.79 bits per heavy atom. The fourth-order valence-electron chi connectivity index (χ4n) is 1.82. The van der Waals surface area contributed by atoms with E-state index in [1.165, 1.54) is 11.3 Å². The van der Waals surface area contributed by atoms with E-state index in [9.17, 15) is 4.79 Å². The molecule has 0 aliphatic rings. The lowest BCUT2D eigenvalue weighted by Gasteiger charge is -2.06. The predicted molar refractivity (Wildman–Crippen MR) is 83.2 cm³/mol. The zero-order valence-electron chi connectivity index (χ0n) is 10.3. The Balaban J connectivity index is 1.84. The summed E-state index contributed by atoms with van der Waals surface area (Å²) in [5.41, 5.74) is 8.22. The van der Waals surface area contributed by atoms with E-state index < -0.39 is 0 Å². The predicted octanol–water partition coefficient (Wildman–Crippen LogP) is 4.11. The normalized spacial score (nSPS) is 10.8. The van der Waals surface area contributed by atoms with E-state index in [0.29, 0.717) is 0 Å². The van der Waals surface area contributed by atoms with E-state index in [4.69, 9.17) is 5.73 Å². The van der Waals surface area contributed by atoms with Crippen LogP contribution < -0.4 is 11.1 Å². The van der Waals surface area contributed by atoms with Gasteiger partial charge in [-0.15, -0.1) is 22.7 Å². The molecular formula is C14H12N2OS2. The highest BCUT2D eigenvalue weighted by molar-refractivity contribution is 7.27. The van der Waals surface area contributed by atoms with Crippen molar-refractivity contribution in [3.05, 3.63) is 46.2 Å². The summed E-state index contributed by atoms with van der Waals surface area (Å²) in [6, 6.07) is 9.47. The van der Waals surface area contributed by atoms with Crippen molar-refractivity contribution in [1.29, 1.82) is 0 Å². The zero-order valence-corrected chi connectivity index (χ0v) is 11.9. The first-order valence-corrected chi connectivity index (χ1v) is 7.47. The highest BCUT2D eigenvalue weighted by Crippen LogP contribution is 2.30. The van der Waals surface area contributed by atoms with Crippen LogP contribution in [0.15, 0.2) is 35.7 Å². The van der Waals surface area contributed by atoms with E-state index in [-0.39, 0.29) is 5.91 Å². The van der Waals surface area contributed by atoms with Crippen molar-refractivity contribution in [3.63, 3.8) is 0 Å². The second-order valence-corrected chi connectivity index (χ2v) is 6.32. The summed E-state index contributed by atoms with van der Waals surface area (Å²) in [6.07, 6.45) is 0. The average molecular weight is 288 g/mol. The van der Waals surface area contributed by atoms with Crippen molar-refractivity contribution < 1.29 is 4.79 Å². The number of aryl methyl sites for hydroxylation is 1. The summed E-state index contributed by atoms with van der Waals surface area (Å²) >= 11 is 3.16. The van der Waals surface area contributed by atoms with E-state index in [0.717, 1.165) is 31.2 Å². The van der Waals surface area contributed by atoms with Gasteiger partial charge in [-0.05, 0) is 48.2 Å². The third kappa shape index (κ3) is 2.34. The molecule has 1 aromatic carbocycles. The van der Waals surface area contributed by atoms with Crippen LogP contribution in [0.4, 0.5) is 11.4 Å². The van der Waals surface area contributed by atoms with Crippen LogP contribution in [-0.2, 0) is 0 Å². The second kappa shape index (κ2) is 4.68. The Hall–Kier alpha value is -1.85. The number of amides is 1. The SMILES string of the molecule is Cc1cc(NC(=O)c2cc3sccc3s2)ccc1N. The van der Waals surface area contributed by atoms with Crippen LogP contribution in [0.2, 0.25) is 0 Å². The van der Waals surface area contributed by atoms with Crippen molar-refractivity contribution in [3.8, 4) is 0 Å². The number of thiophene rings is 2. The highest BCUT2D eigenvalue weighted by Gasteiger charge is 2.11. The lowest BCUT2D eigenvalue weighted by molar-refractivity contribution is 0.103. The molecule has 3 nitrogen and oxygen atoms in total. The van der Waals surface area contributed by atoms with Gasteiger partial charge >= 0.3 is 0 Å². The molecule has 0 fully saturated rings. The maximum atomic E-state index is 12.2. The maximum absolute atomic E-state index is 12.2. The van der Waals surface area contributed by atoms with Crippen molar-refractivity contribution in [2.45, 2.75) is 6.92 Å². The first-order chi connectivity index (χ1) is 9.13. The van der Waals surface area contributed by atoms with Gasteiger partial charge in [0.25, 0.3) is 5.91 Å². The molecule has 3 aromatic rings. The van der Waals surface area contributed by atoms with Gasteiger partial charge < -0.3 is 11.1 Å². The number of rotatable bonds is 2. The molecule has 0 bridgehead atoms.